The molecule has 0 fully saturated rings. The summed E-state index contributed by atoms with van der Waals surface area (Å²) in [6.45, 7) is 8.50. The van der Waals surface area contributed by atoms with Crippen LogP contribution in [0.25, 0.3) is 0 Å². The Morgan fingerprint density at radius 2 is 1.87 bits per heavy atom. The summed E-state index contributed by atoms with van der Waals surface area (Å²) in [7, 11) is 0. The predicted octanol–water partition coefficient (Wildman–Crippen LogP) is 1.87. The Balaban J connectivity index is 4.23. The number of allylic oxidation sites excluding steroid dienone is 1. The molecule has 0 aliphatic carbocycles. The molecule has 88 valence electrons. The van der Waals surface area contributed by atoms with Gasteiger partial charge in [0, 0.05) is 18.0 Å². The summed E-state index contributed by atoms with van der Waals surface area (Å²) in [6.07, 6.45) is 3.32. The van der Waals surface area contributed by atoms with Crippen LogP contribution in [0.3, 0.4) is 0 Å². The molecule has 0 rings (SSSR count). The molecule has 3 heteroatoms. The molecule has 1 amide bonds. The highest BCUT2D eigenvalue weighted by atomic mass is 16.3. The van der Waals surface area contributed by atoms with E-state index in [-0.39, 0.29) is 17.9 Å². The van der Waals surface area contributed by atoms with Gasteiger partial charge in [-0.2, -0.15) is 0 Å². The van der Waals surface area contributed by atoms with E-state index in [1.807, 2.05) is 27.7 Å². The molecule has 2 N–H and O–H groups in total. The molecule has 0 aliphatic rings. The van der Waals surface area contributed by atoms with Gasteiger partial charge in [0.2, 0.25) is 5.91 Å². The largest absolute Gasteiger partial charge is 0.396 e. The number of carbonyl (C=O) groups is 1. The normalized spacial score (nSPS) is 11.0. The molecule has 0 saturated heterocycles. The Labute approximate surface area is 92.6 Å². The highest BCUT2D eigenvalue weighted by Crippen LogP contribution is 2.24. The highest BCUT2D eigenvalue weighted by molar-refractivity contribution is 5.88. The average molecular weight is 213 g/mol. The molecular weight excluding hydrogens is 190 g/mol. The van der Waals surface area contributed by atoms with Crippen molar-refractivity contribution in [2.45, 2.75) is 40.5 Å². The number of aliphatic hydroxyl groups excluding tert-OH is 1. The molecule has 0 aliphatic heterocycles. The van der Waals surface area contributed by atoms with Gasteiger partial charge in [-0.3, -0.25) is 4.79 Å². The van der Waals surface area contributed by atoms with Gasteiger partial charge in [0.25, 0.3) is 0 Å². The molecule has 3 nitrogen and oxygen atoms in total. The topological polar surface area (TPSA) is 49.3 Å². The first kappa shape index (κ1) is 14.2. The summed E-state index contributed by atoms with van der Waals surface area (Å²) in [5.74, 6) is -0.0743. The number of carbonyl (C=O) groups excluding carboxylic acids is 1. The van der Waals surface area contributed by atoms with Crippen LogP contribution in [0.5, 0.6) is 0 Å². The maximum absolute atomic E-state index is 11.4. The molecule has 0 aromatic rings. The molecule has 0 aromatic carbocycles. The van der Waals surface area contributed by atoms with Crippen LogP contribution < -0.4 is 5.32 Å². The van der Waals surface area contributed by atoms with E-state index in [1.165, 1.54) is 0 Å². The third-order valence-corrected chi connectivity index (χ3v) is 2.89. The zero-order valence-electron chi connectivity index (χ0n) is 10.3. The van der Waals surface area contributed by atoms with E-state index >= 15 is 0 Å². The van der Waals surface area contributed by atoms with Crippen LogP contribution in [0, 0.1) is 5.41 Å². The second kappa shape index (κ2) is 6.62. The van der Waals surface area contributed by atoms with E-state index < -0.39 is 0 Å². The van der Waals surface area contributed by atoms with Crippen LogP contribution >= 0.6 is 0 Å². The average Bonchev–Trinajstić information content (AvgIpc) is 2.20. The van der Waals surface area contributed by atoms with E-state index in [0.29, 0.717) is 6.54 Å². The van der Waals surface area contributed by atoms with Crippen molar-refractivity contribution in [3.63, 3.8) is 0 Å². The molecule has 0 radical (unpaired) electrons. The van der Waals surface area contributed by atoms with Crippen molar-refractivity contribution in [3.8, 4) is 0 Å². The number of rotatable bonds is 6. The minimum Gasteiger partial charge on any atom is -0.396 e. The molecule has 0 spiro atoms. The van der Waals surface area contributed by atoms with E-state index in [2.05, 4.69) is 5.32 Å². The lowest BCUT2D eigenvalue weighted by Gasteiger charge is -2.29. The minimum atomic E-state index is -0.162. The van der Waals surface area contributed by atoms with E-state index in [0.717, 1.165) is 18.4 Å². The van der Waals surface area contributed by atoms with Gasteiger partial charge < -0.3 is 10.4 Å². The molecule has 0 aromatic heterocycles. The number of amides is 1. The van der Waals surface area contributed by atoms with Crippen molar-refractivity contribution in [3.05, 3.63) is 11.6 Å². The molecule has 15 heavy (non-hydrogen) atoms. The number of aliphatic hydroxyl groups is 1. The maximum atomic E-state index is 11.4. The number of nitrogens with one attached hydrogen (secondary N) is 1. The van der Waals surface area contributed by atoms with Crippen molar-refractivity contribution in [1.82, 2.24) is 5.32 Å². The second-order valence-corrected chi connectivity index (χ2v) is 4.30. The van der Waals surface area contributed by atoms with Gasteiger partial charge in [0.1, 0.15) is 0 Å². The van der Waals surface area contributed by atoms with Gasteiger partial charge in [0.05, 0.1) is 6.61 Å². The third kappa shape index (κ3) is 4.98. The smallest absolute Gasteiger partial charge is 0.243 e. The molecule has 0 unspecified atom stereocenters. The maximum Gasteiger partial charge on any atom is 0.243 e. The summed E-state index contributed by atoms with van der Waals surface area (Å²) in [5, 5.41) is 12.1. The monoisotopic (exact) mass is 213 g/mol. The summed E-state index contributed by atoms with van der Waals surface area (Å²) >= 11 is 0. The number of hydrogen-bond acceptors (Lipinski definition) is 2. The fourth-order valence-electron chi connectivity index (χ4n) is 1.37. The minimum absolute atomic E-state index is 0.0743. The van der Waals surface area contributed by atoms with Crippen LogP contribution in [0.2, 0.25) is 0 Å². The van der Waals surface area contributed by atoms with E-state index in [4.69, 9.17) is 0 Å². The van der Waals surface area contributed by atoms with Crippen molar-refractivity contribution < 1.29 is 9.90 Å². The molecule has 0 bridgehead atoms. The van der Waals surface area contributed by atoms with Crippen LogP contribution in [0.4, 0.5) is 0 Å². The Bertz CT molecular complexity index is 218. The van der Waals surface area contributed by atoms with E-state index in [1.54, 1.807) is 6.08 Å². The SMILES string of the molecule is CCC(CC)(CO)CNC(=O)C=C(C)C. The van der Waals surface area contributed by atoms with Gasteiger partial charge in [-0.25, -0.2) is 0 Å². The molecule has 0 atom stereocenters. The second-order valence-electron chi connectivity index (χ2n) is 4.30. The van der Waals surface area contributed by atoms with Crippen molar-refractivity contribution in [2.24, 2.45) is 5.41 Å². The quantitative estimate of drug-likeness (QED) is 0.662. The number of hydrogen-bond donors (Lipinski definition) is 2. The van der Waals surface area contributed by atoms with Gasteiger partial charge in [-0.1, -0.05) is 19.4 Å². The zero-order chi connectivity index (χ0) is 11.9. The van der Waals surface area contributed by atoms with Gasteiger partial charge >= 0.3 is 0 Å². The van der Waals surface area contributed by atoms with Crippen molar-refractivity contribution in [1.29, 1.82) is 0 Å². The lowest BCUT2D eigenvalue weighted by Crippen LogP contribution is -2.38. The summed E-state index contributed by atoms with van der Waals surface area (Å²) < 4.78 is 0. The lowest BCUT2D eigenvalue weighted by atomic mass is 9.83. The van der Waals surface area contributed by atoms with Gasteiger partial charge in [0.15, 0.2) is 0 Å². The van der Waals surface area contributed by atoms with Crippen LogP contribution in [-0.4, -0.2) is 24.2 Å². The molecule has 0 saturated carbocycles. The highest BCUT2D eigenvalue weighted by Gasteiger charge is 2.25. The first-order valence-electron chi connectivity index (χ1n) is 5.53. The third-order valence-electron chi connectivity index (χ3n) is 2.89. The molecular formula is C12H23NO2. The fraction of sp³-hybridized carbons (Fsp3) is 0.750. The summed E-state index contributed by atoms with van der Waals surface area (Å²) in [5.41, 5.74) is 0.820. The van der Waals surface area contributed by atoms with Gasteiger partial charge in [-0.05, 0) is 26.7 Å². The van der Waals surface area contributed by atoms with Crippen molar-refractivity contribution in [2.75, 3.05) is 13.2 Å². The Morgan fingerprint density at radius 3 is 2.20 bits per heavy atom. The van der Waals surface area contributed by atoms with Crippen LogP contribution in [0.15, 0.2) is 11.6 Å². The van der Waals surface area contributed by atoms with E-state index in [9.17, 15) is 9.90 Å². The summed E-state index contributed by atoms with van der Waals surface area (Å²) in [6, 6.07) is 0. The van der Waals surface area contributed by atoms with Crippen LogP contribution in [0.1, 0.15) is 40.5 Å². The Hall–Kier alpha value is -0.830. The molecule has 0 heterocycles. The lowest BCUT2D eigenvalue weighted by molar-refractivity contribution is -0.117. The standard InChI is InChI=1S/C12H23NO2/c1-5-12(6-2,9-14)8-13-11(15)7-10(3)4/h7,14H,5-6,8-9H2,1-4H3,(H,13,15). The predicted molar refractivity (Wildman–Crippen MR) is 62.5 cm³/mol. The van der Waals surface area contributed by atoms with Crippen LogP contribution in [-0.2, 0) is 4.79 Å². The Morgan fingerprint density at radius 1 is 1.33 bits per heavy atom. The van der Waals surface area contributed by atoms with Crippen molar-refractivity contribution >= 4 is 5.91 Å². The summed E-state index contributed by atoms with van der Waals surface area (Å²) in [4.78, 5) is 11.4. The van der Waals surface area contributed by atoms with Gasteiger partial charge in [-0.15, -0.1) is 0 Å². The first-order valence-corrected chi connectivity index (χ1v) is 5.53. The zero-order valence-corrected chi connectivity index (χ0v) is 10.3. The fourth-order valence-corrected chi connectivity index (χ4v) is 1.37. The first-order chi connectivity index (χ1) is 6.99. The Kier molecular flexibility index (Phi) is 6.25.